The Morgan fingerprint density at radius 2 is 2.12 bits per heavy atom. The van der Waals surface area contributed by atoms with E-state index in [1.165, 1.54) is 18.3 Å². The Labute approximate surface area is 143 Å². The third kappa shape index (κ3) is 2.61. The van der Waals surface area contributed by atoms with Crippen LogP contribution in [0.25, 0.3) is 0 Å². The van der Waals surface area contributed by atoms with E-state index in [9.17, 15) is 14.9 Å². The van der Waals surface area contributed by atoms with Crippen molar-refractivity contribution in [3.63, 3.8) is 0 Å². The Morgan fingerprint density at radius 1 is 1.38 bits per heavy atom. The van der Waals surface area contributed by atoms with Crippen molar-refractivity contribution in [2.24, 2.45) is 0 Å². The molecule has 3 rings (SSSR count). The number of nitrogens with one attached hydrogen (secondary N) is 2. The Balaban J connectivity index is 2.04. The van der Waals surface area contributed by atoms with E-state index < -0.39 is 16.2 Å². The molecule has 1 amide bonds. The van der Waals surface area contributed by atoms with E-state index in [-0.39, 0.29) is 17.1 Å². The Kier molecular flexibility index (Phi) is 3.76. The second-order valence-corrected chi connectivity index (χ2v) is 6.33. The van der Waals surface area contributed by atoms with Crippen molar-refractivity contribution in [1.29, 1.82) is 0 Å². The second kappa shape index (κ2) is 5.64. The highest BCUT2D eigenvalue weighted by molar-refractivity contribution is 7.80. The molecule has 0 fully saturated rings. The summed E-state index contributed by atoms with van der Waals surface area (Å²) in [6.45, 7) is 3.84. The van der Waals surface area contributed by atoms with Crippen molar-refractivity contribution in [2.75, 3.05) is 10.6 Å². The van der Waals surface area contributed by atoms with Crippen LogP contribution in [0.3, 0.4) is 0 Å². The van der Waals surface area contributed by atoms with Crippen LogP contribution in [0.2, 0.25) is 0 Å². The smallest absolute Gasteiger partial charge is 0.294 e. The number of hydrogen-bond donors (Lipinski definition) is 2. The number of aromatic nitrogens is 1. The van der Waals surface area contributed by atoms with Gasteiger partial charge in [0, 0.05) is 17.7 Å². The molecule has 8 heteroatoms. The number of pyridine rings is 1. The van der Waals surface area contributed by atoms with Crippen LogP contribution in [-0.4, -0.2) is 20.8 Å². The number of fused-ring (bicyclic) bond motifs is 1. The molecule has 1 aromatic carbocycles. The van der Waals surface area contributed by atoms with Gasteiger partial charge in [0.2, 0.25) is 0 Å². The molecule has 0 radical (unpaired) electrons. The lowest BCUT2D eigenvalue weighted by atomic mass is 9.86. The quantitative estimate of drug-likeness (QED) is 0.505. The lowest BCUT2D eigenvalue weighted by molar-refractivity contribution is -0.383. The van der Waals surface area contributed by atoms with Gasteiger partial charge in [-0.15, -0.1) is 0 Å². The van der Waals surface area contributed by atoms with E-state index in [1.54, 1.807) is 18.2 Å². The van der Waals surface area contributed by atoms with Crippen molar-refractivity contribution in [1.82, 2.24) is 4.98 Å². The Hall–Kier alpha value is -2.87. The van der Waals surface area contributed by atoms with E-state index in [2.05, 4.69) is 15.6 Å². The Bertz CT molecular complexity index is 865. The normalized spacial score (nSPS) is 14.7. The minimum atomic E-state index is -0.537. The van der Waals surface area contributed by atoms with Gasteiger partial charge < -0.3 is 10.6 Å². The molecule has 2 aromatic rings. The van der Waals surface area contributed by atoms with E-state index in [0.29, 0.717) is 10.7 Å². The van der Waals surface area contributed by atoms with Gasteiger partial charge in [-0.1, -0.05) is 18.3 Å². The summed E-state index contributed by atoms with van der Waals surface area (Å²) in [5.41, 5.74) is 1.02. The zero-order chi connectivity index (χ0) is 17.5. The summed E-state index contributed by atoms with van der Waals surface area (Å²) in [6, 6.07) is 7.88. The fourth-order valence-corrected chi connectivity index (χ4v) is 2.76. The van der Waals surface area contributed by atoms with Gasteiger partial charge in [0.1, 0.15) is 11.4 Å². The summed E-state index contributed by atoms with van der Waals surface area (Å²) in [6.07, 6.45) is 1.48. The predicted octanol–water partition coefficient (Wildman–Crippen LogP) is 3.27. The highest BCUT2D eigenvalue weighted by Crippen LogP contribution is 2.43. The van der Waals surface area contributed by atoms with Gasteiger partial charge in [-0.05, 0) is 37.6 Å². The minimum Gasteiger partial charge on any atom is -0.349 e. The molecular formula is C16H14N4O3S. The number of amides is 1. The number of nitrogens with zero attached hydrogens (tertiary/aromatic N) is 2. The number of rotatable bonds is 3. The fourth-order valence-electron chi connectivity index (χ4n) is 2.54. The standard InChI is InChI=1S/C16H14N4O3S/c1-16(2)9-7-12(18-14(21)10-5-3-4-6-17-10)13(20(22)23)8-11(9)19-15(16)24/h3-8H,1-2H3,(H,18,21)(H,19,24). The lowest BCUT2D eigenvalue weighted by Gasteiger charge is -2.18. The molecule has 122 valence electrons. The van der Waals surface area contributed by atoms with Gasteiger partial charge in [-0.3, -0.25) is 19.9 Å². The first kappa shape index (κ1) is 16.0. The van der Waals surface area contributed by atoms with Crippen LogP contribution < -0.4 is 10.6 Å². The molecule has 2 heterocycles. The molecule has 0 saturated heterocycles. The van der Waals surface area contributed by atoms with Crippen molar-refractivity contribution >= 4 is 40.2 Å². The first-order valence-corrected chi connectivity index (χ1v) is 7.58. The summed E-state index contributed by atoms with van der Waals surface area (Å²) >= 11 is 5.30. The van der Waals surface area contributed by atoms with Crippen LogP contribution in [0.4, 0.5) is 17.1 Å². The third-order valence-corrected chi connectivity index (χ3v) is 4.58. The first-order chi connectivity index (χ1) is 11.3. The van der Waals surface area contributed by atoms with Gasteiger partial charge in [-0.2, -0.15) is 0 Å². The molecule has 0 saturated carbocycles. The fraction of sp³-hybridized carbons (Fsp3) is 0.188. The maximum Gasteiger partial charge on any atom is 0.294 e. The molecule has 24 heavy (non-hydrogen) atoms. The van der Waals surface area contributed by atoms with Crippen molar-refractivity contribution in [2.45, 2.75) is 19.3 Å². The van der Waals surface area contributed by atoms with E-state index >= 15 is 0 Å². The number of hydrogen-bond acceptors (Lipinski definition) is 5. The van der Waals surface area contributed by atoms with Crippen molar-refractivity contribution in [3.8, 4) is 0 Å². The van der Waals surface area contributed by atoms with Crippen molar-refractivity contribution < 1.29 is 9.72 Å². The number of anilines is 2. The maximum absolute atomic E-state index is 12.3. The molecule has 1 aliphatic heterocycles. The van der Waals surface area contributed by atoms with Gasteiger partial charge >= 0.3 is 0 Å². The number of benzene rings is 1. The molecule has 0 aliphatic carbocycles. The highest BCUT2D eigenvalue weighted by Gasteiger charge is 2.37. The van der Waals surface area contributed by atoms with Crippen LogP contribution in [0.5, 0.6) is 0 Å². The molecule has 0 bridgehead atoms. The van der Waals surface area contributed by atoms with Crippen LogP contribution >= 0.6 is 12.2 Å². The lowest BCUT2D eigenvalue weighted by Crippen LogP contribution is -2.25. The van der Waals surface area contributed by atoms with Gasteiger partial charge in [0.15, 0.2) is 0 Å². The molecule has 7 nitrogen and oxygen atoms in total. The summed E-state index contributed by atoms with van der Waals surface area (Å²) in [7, 11) is 0. The molecule has 1 aromatic heterocycles. The largest absolute Gasteiger partial charge is 0.349 e. The number of nitro groups is 1. The topological polar surface area (TPSA) is 97.2 Å². The summed E-state index contributed by atoms with van der Waals surface area (Å²) < 4.78 is 0. The molecule has 0 atom stereocenters. The zero-order valence-corrected chi connectivity index (χ0v) is 13.8. The Morgan fingerprint density at radius 3 is 2.75 bits per heavy atom. The summed E-state index contributed by atoms with van der Waals surface area (Å²) in [5, 5.41) is 16.9. The first-order valence-electron chi connectivity index (χ1n) is 7.17. The van der Waals surface area contributed by atoms with Crippen LogP contribution in [0, 0.1) is 10.1 Å². The SMILES string of the molecule is CC1(C)C(=S)Nc2cc([N+](=O)[O-])c(NC(=O)c3ccccn3)cc21. The molecule has 0 unspecified atom stereocenters. The number of carbonyl (C=O) groups excluding carboxylic acids is 1. The summed E-state index contributed by atoms with van der Waals surface area (Å²) in [4.78, 5) is 27.6. The second-order valence-electron chi connectivity index (χ2n) is 5.92. The third-order valence-electron chi connectivity index (χ3n) is 3.97. The molecule has 1 aliphatic rings. The van der Waals surface area contributed by atoms with Gasteiger partial charge in [0.05, 0.1) is 15.6 Å². The minimum absolute atomic E-state index is 0.119. The number of thiocarbonyl (C=S) groups is 1. The molecule has 2 N–H and O–H groups in total. The average molecular weight is 342 g/mol. The summed E-state index contributed by atoms with van der Waals surface area (Å²) in [5.74, 6) is -0.509. The monoisotopic (exact) mass is 342 g/mol. The van der Waals surface area contributed by atoms with E-state index in [1.807, 2.05) is 13.8 Å². The highest BCUT2D eigenvalue weighted by atomic mass is 32.1. The molecular weight excluding hydrogens is 328 g/mol. The zero-order valence-electron chi connectivity index (χ0n) is 13.0. The van der Waals surface area contributed by atoms with Gasteiger partial charge in [-0.25, -0.2) is 0 Å². The van der Waals surface area contributed by atoms with Crippen molar-refractivity contribution in [3.05, 3.63) is 57.9 Å². The van der Waals surface area contributed by atoms with Crippen LogP contribution in [0.15, 0.2) is 36.5 Å². The number of carbonyl (C=O) groups is 1. The van der Waals surface area contributed by atoms with Crippen LogP contribution in [0.1, 0.15) is 29.9 Å². The average Bonchev–Trinajstić information content (AvgIpc) is 2.77. The van der Waals surface area contributed by atoms with E-state index in [0.717, 1.165) is 5.56 Å². The van der Waals surface area contributed by atoms with Crippen LogP contribution in [-0.2, 0) is 5.41 Å². The van der Waals surface area contributed by atoms with E-state index in [4.69, 9.17) is 12.2 Å². The van der Waals surface area contributed by atoms with Gasteiger partial charge in [0.25, 0.3) is 11.6 Å². The maximum atomic E-state index is 12.3. The number of nitro benzene ring substituents is 1. The molecule has 0 spiro atoms. The predicted molar refractivity (Wildman–Crippen MR) is 94.5 cm³/mol.